The van der Waals surface area contributed by atoms with Gasteiger partial charge in [-0.25, -0.2) is 19.8 Å². The van der Waals surface area contributed by atoms with Gasteiger partial charge in [0.05, 0.1) is 41.3 Å². The van der Waals surface area contributed by atoms with Crippen LogP contribution in [0.15, 0.2) is 102 Å². The number of ether oxygens (including phenoxy) is 1. The van der Waals surface area contributed by atoms with Crippen LogP contribution in [-0.2, 0) is 19.1 Å². The lowest BCUT2D eigenvalue weighted by atomic mass is 9.73. The Hall–Kier alpha value is -4.73. The summed E-state index contributed by atoms with van der Waals surface area (Å²) in [5, 5.41) is 12.4. The zero-order valence-corrected chi connectivity index (χ0v) is 29.1. The van der Waals surface area contributed by atoms with Crippen molar-refractivity contribution in [3.8, 4) is 0 Å². The smallest absolute Gasteiger partial charge is 0.328 e. The first-order valence-electron chi connectivity index (χ1n) is 16.6. The van der Waals surface area contributed by atoms with Gasteiger partial charge >= 0.3 is 11.9 Å². The van der Waals surface area contributed by atoms with Gasteiger partial charge < -0.3 is 15.2 Å². The third-order valence-corrected chi connectivity index (χ3v) is 9.92. The Kier molecular flexibility index (Phi) is 9.94. The van der Waals surface area contributed by atoms with Crippen LogP contribution in [0.1, 0.15) is 80.6 Å². The number of rotatable bonds is 10. The molecule has 0 unspecified atom stereocenters. The van der Waals surface area contributed by atoms with Crippen molar-refractivity contribution < 1.29 is 24.2 Å². The molecule has 3 atom stereocenters. The molecule has 0 spiro atoms. The minimum atomic E-state index is -0.883. The number of carbonyl (C=O) groups is 3. The molecule has 252 valence electrons. The molecule has 48 heavy (non-hydrogen) atoms. The predicted octanol–water partition coefficient (Wildman–Crippen LogP) is 6.55. The van der Waals surface area contributed by atoms with Gasteiger partial charge in [0.1, 0.15) is 6.04 Å². The van der Waals surface area contributed by atoms with E-state index in [9.17, 15) is 19.5 Å². The van der Waals surface area contributed by atoms with Gasteiger partial charge in [0, 0.05) is 35.6 Å². The second kappa shape index (κ2) is 13.8. The molecule has 5 aliphatic rings. The number of nitrogens with zero attached hydrogens (tertiary/aromatic N) is 4. The maximum atomic E-state index is 13.3. The zero-order chi connectivity index (χ0) is 34.9. The first-order valence-corrected chi connectivity index (χ1v) is 16.6. The normalized spacial score (nSPS) is 22.2. The largest absolute Gasteiger partial charge is 0.481 e. The molecular formula is C38H45N5O5. The molecule has 10 nitrogen and oxygen atoms in total. The summed E-state index contributed by atoms with van der Waals surface area (Å²) in [4.78, 5) is 57.3. The minimum absolute atomic E-state index is 0.0338. The fourth-order valence-electron chi connectivity index (χ4n) is 6.62. The third-order valence-electron chi connectivity index (χ3n) is 9.92. The maximum Gasteiger partial charge on any atom is 0.328 e. The number of methoxy groups -OCH3 is 1. The molecule has 2 N–H and O–H groups in total. The van der Waals surface area contributed by atoms with Gasteiger partial charge in [-0.2, -0.15) is 0 Å². The number of amides is 1. The van der Waals surface area contributed by atoms with Crippen molar-refractivity contribution in [1.82, 2.24) is 5.32 Å². The topological polar surface area (TPSA) is 142 Å². The van der Waals surface area contributed by atoms with Gasteiger partial charge in [0.15, 0.2) is 0 Å². The second-order valence-electron chi connectivity index (χ2n) is 13.6. The molecule has 0 aromatic heterocycles. The zero-order valence-electron chi connectivity index (χ0n) is 29.1. The van der Waals surface area contributed by atoms with Crippen molar-refractivity contribution >= 4 is 40.7 Å². The summed E-state index contributed by atoms with van der Waals surface area (Å²) in [6, 6.07) is -0.723. The van der Waals surface area contributed by atoms with Gasteiger partial charge in [-0.1, -0.05) is 34.1 Å². The highest BCUT2D eigenvalue weighted by molar-refractivity contribution is 6.17. The molecule has 0 radical (unpaired) electrons. The van der Waals surface area contributed by atoms with Gasteiger partial charge in [0.25, 0.3) is 0 Å². The van der Waals surface area contributed by atoms with E-state index in [0.717, 1.165) is 62.2 Å². The number of nitrogens with one attached hydrogen (secondary N) is 1. The molecule has 8 bridgehead atoms. The molecule has 1 amide bonds. The van der Waals surface area contributed by atoms with Crippen LogP contribution in [0.25, 0.3) is 0 Å². The Labute approximate surface area is 282 Å². The first kappa shape index (κ1) is 34.6. The molecule has 0 fully saturated rings. The number of carboxylic acid groups (broad SMARTS) is 1. The van der Waals surface area contributed by atoms with E-state index in [1.54, 1.807) is 0 Å². The van der Waals surface area contributed by atoms with Crippen molar-refractivity contribution in [2.75, 3.05) is 7.11 Å². The first-order chi connectivity index (χ1) is 22.7. The van der Waals surface area contributed by atoms with Crippen LogP contribution in [-0.4, -0.2) is 59.0 Å². The number of carbonyl (C=O) groups excluding carboxylic acids is 2. The standard InChI is InChI=1S/C38H45N5O5/c1-9-20(2)36(37(47)48-8)43-34(44)12-11-27-32-18-31-26(10-13-35(45)46)23(5)30(41-31)17-25-14-21(3)28(39-25)16-24-15-22(4)29(40-24)19-33(42-32)38(27,6)7/h14-20,27,36H,9-13H2,1-8H3,(H,43,44)(H,45,46)/t20-,27+,36-/m0/s1. The van der Waals surface area contributed by atoms with Crippen molar-refractivity contribution in [1.29, 1.82) is 0 Å². The number of carboxylic acids is 1. The SMILES string of the molecule is CC[C@H](C)[C@H](NC(=O)CC[C@@H]1C2=NC(=CC3=NC(=CC4=NC(=CC5=NC(=C2)C(CCC(=O)O)=C5C)C=C4C)C=C3C)C1(C)C)C(=O)OC. The fraction of sp³-hybridized carbons (Fsp3) is 0.447. The van der Waals surface area contributed by atoms with Crippen LogP contribution in [0.5, 0.6) is 0 Å². The number of aliphatic imine (C=N–C) groups is 4. The Balaban J connectivity index is 1.58. The second-order valence-corrected chi connectivity index (χ2v) is 13.6. The highest BCUT2D eigenvalue weighted by Crippen LogP contribution is 2.46. The summed E-state index contributed by atoms with van der Waals surface area (Å²) in [7, 11) is 1.33. The molecule has 0 aliphatic carbocycles. The van der Waals surface area contributed by atoms with Gasteiger partial charge in [0.2, 0.25) is 5.91 Å². The Morgan fingerprint density at radius 1 is 0.896 bits per heavy atom. The van der Waals surface area contributed by atoms with Gasteiger partial charge in [-0.05, 0) is 98.3 Å². The molecule has 5 heterocycles. The lowest BCUT2D eigenvalue weighted by molar-refractivity contribution is -0.146. The summed E-state index contributed by atoms with van der Waals surface area (Å²) in [5.74, 6) is -1.83. The van der Waals surface area contributed by atoms with E-state index in [2.05, 4.69) is 19.2 Å². The number of hydrogen-bond acceptors (Lipinski definition) is 8. The highest BCUT2D eigenvalue weighted by atomic mass is 16.5. The molecule has 0 saturated carbocycles. The Bertz CT molecular complexity index is 1800. The van der Waals surface area contributed by atoms with Crippen LogP contribution in [0.3, 0.4) is 0 Å². The monoisotopic (exact) mass is 651 g/mol. The summed E-state index contributed by atoms with van der Waals surface area (Å²) < 4.78 is 4.97. The van der Waals surface area contributed by atoms with Crippen molar-refractivity contribution in [3.63, 3.8) is 0 Å². The van der Waals surface area contributed by atoms with E-state index in [1.807, 2.05) is 71.1 Å². The minimum Gasteiger partial charge on any atom is -0.481 e. The third kappa shape index (κ3) is 7.07. The van der Waals surface area contributed by atoms with Gasteiger partial charge in [-0.15, -0.1) is 0 Å². The predicted molar refractivity (Wildman–Crippen MR) is 189 cm³/mol. The van der Waals surface area contributed by atoms with Crippen molar-refractivity contribution in [2.24, 2.45) is 37.2 Å². The summed E-state index contributed by atoms with van der Waals surface area (Å²) in [5.41, 5.74) is 9.51. The summed E-state index contributed by atoms with van der Waals surface area (Å²) in [6.45, 7) is 14.1. The van der Waals surface area contributed by atoms with E-state index in [1.165, 1.54) is 7.11 Å². The molecule has 0 aromatic rings. The van der Waals surface area contributed by atoms with E-state index >= 15 is 0 Å². The lowest BCUT2D eigenvalue weighted by Gasteiger charge is -2.29. The van der Waals surface area contributed by atoms with Crippen LogP contribution < -0.4 is 5.32 Å². The molecule has 0 saturated heterocycles. The Morgan fingerprint density at radius 2 is 1.52 bits per heavy atom. The fourth-order valence-corrected chi connectivity index (χ4v) is 6.62. The number of fused-ring (bicyclic) bond motifs is 4. The average Bonchev–Trinajstić information content (AvgIpc) is 3.71. The lowest BCUT2D eigenvalue weighted by Crippen LogP contribution is -2.45. The number of aliphatic carboxylic acids is 1. The van der Waals surface area contributed by atoms with Crippen LogP contribution in [0, 0.1) is 17.3 Å². The van der Waals surface area contributed by atoms with Crippen LogP contribution in [0.2, 0.25) is 0 Å². The molecular weight excluding hydrogens is 606 g/mol. The average molecular weight is 652 g/mol. The van der Waals surface area contributed by atoms with E-state index in [4.69, 9.17) is 24.7 Å². The molecule has 5 aliphatic heterocycles. The number of allylic oxidation sites excluding steroid dienone is 11. The molecule has 5 rings (SSSR count). The van der Waals surface area contributed by atoms with Gasteiger partial charge in [-0.3, -0.25) is 14.6 Å². The maximum absolute atomic E-state index is 13.3. The van der Waals surface area contributed by atoms with E-state index < -0.39 is 23.4 Å². The highest BCUT2D eigenvalue weighted by Gasteiger charge is 2.42. The van der Waals surface area contributed by atoms with Crippen LogP contribution >= 0.6 is 0 Å². The molecule has 10 heteroatoms. The van der Waals surface area contributed by atoms with E-state index in [0.29, 0.717) is 25.0 Å². The summed E-state index contributed by atoms with van der Waals surface area (Å²) in [6.07, 6.45) is 13.6. The van der Waals surface area contributed by atoms with Crippen LogP contribution in [0.4, 0.5) is 0 Å². The number of hydrogen-bond donors (Lipinski definition) is 2. The summed E-state index contributed by atoms with van der Waals surface area (Å²) >= 11 is 0. The number of esters is 1. The quantitative estimate of drug-likeness (QED) is 0.258. The van der Waals surface area contributed by atoms with Crippen molar-refractivity contribution in [3.05, 3.63) is 81.5 Å². The van der Waals surface area contributed by atoms with Crippen molar-refractivity contribution in [2.45, 2.75) is 86.6 Å². The van der Waals surface area contributed by atoms with E-state index in [-0.39, 0.29) is 30.6 Å². The molecule has 0 aromatic carbocycles. The Morgan fingerprint density at radius 3 is 2.12 bits per heavy atom.